The Hall–Kier alpha value is -1.29. The topological polar surface area (TPSA) is 97.0 Å². The van der Waals surface area contributed by atoms with Gasteiger partial charge in [0, 0.05) is 17.3 Å². The zero-order valence-corrected chi connectivity index (χ0v) is 15.1. The average molecular weight is 377 g/mol. The van der Waals surface area contributed by atoms with Gasteiger partial charge in [-0.15, -0.1) is 5.10 Å². The van der Waals surface area contributed by atoms with Crippen molar-refractivity contribution in [1.82, 2.24) is 19.9 Å². The summed E-state index contributed by atoms with van der Waals surface area (Å²) in [5.41, 5.74) is 0. The van der Waals surface area contributed by atoms with E-state index in [-0.39, 0.29) is 17.2 Å². The van der Waals surface area contributed by atoms with Crippen molar-refractivity contribution in [3.05, 3.63) is 29.0 Å². The van der Waals surface area contributed by atoms with Gasteiger partial charge < -0.3 is 4.74 Å². The van der Waals surface area contributed by atoms with Crippen molar-refractivity contribution in [1.29, 1.82) is 0 Å². The molecule has 0 radical (unpaired) electrons. The van der Waals surface area contributed by atoms with E-state index in [9.17, 15) is 8.42 Å². The van der Waals surface area contributed by atoms with E-state index in [0.717, 1.165) is 0 Å². The Morgan fingerprint density at radius 1 is 1.43 bits per heavy atom. The summed E-state index contributed by atoms with van der Waals surface area (Å²) in [6.07, 6.45) is 0. The number of aromatic amines is 1. The second-order valence-corrected chi connectivity index (χ2v) is 7.71. The van der Waals surface area contributed by atoms with Gasteiger partial charge in [0.15, 0.2) is 0 Å². The fourth-order valence-corrected chi connectivity index (χ4v) is 4.01. The van der Waals surface area contributed by atoms with Crippen LogP contribution >= 0.6 is 23.4 Å². The first-order valence-corrected chi connectivity index (χ1v) is 9.71. The first-order chi connectivity index (χ1) is 10.9. The Morgan fingerprint density at radius 3 is 2.87 bits per heavy atom. The van der Waals surface area contributed by atoms with E-state index >= 15 is 0 Å². The predicted octanol–water partition coefficient (Wildman–Crippen LogP) is 2.24. The number of nitrogens with one attached hydrogen (secondary N) is 2. The fraction of sp³-hybridized carbons (Fsp3) is 0.385. The largest absolute Gasteiger partial charge is 0.492 e. The fourth-order valence-electron chi connectivity index (χ4n) is 1.75. The number of rotatable bonds is 8. The van der Waals surface area contributed by atoms with Crippen LogP contribution < -0.4 is 9.46 Å². The molecule has 0 bridgehead atoms. The van der Waals surface area contributed by atoms with Crippen LogP contribution in [0.3, 0.4) is 0 Å². The zero-order valence-electron chi connectivity index (χ0n) is 12.7. The number of halogens is 1. The zero-order chi connectivity index (χ0) is 16.9. The summed E-state index contributed by atoms with van der Waals surface area (Å²) in [6, 6.07) is 4.51. The number of sulfonamides is 1. The maximum Gasteiger partial charge on any atom is 0.244 e. The van der Waals surface area contributed by atoms with Crippen LogP contribution in [0.5, 0.6) is 5.75 Å². The van der Waals surface area contributed by atoms with E-state index in [0.29, 0.717) is 28.4 Å². The molecule has 0 fully saturated rings. The molecule has 0 saturated heterocycles. The van der Waals surface area contributed by atoms with Gasteiger partial charge >= 0.3 is 0 Å². The monoisotopic (exact) mass is 376 g/mol. The first kappa shape index (κ1) is 18.1. The molecular formula is C13H17ClN4O3S2. The number of thioether (sulfide) groups is 1. The molecule has 1 aromatic heterocycles. The Balaban J connectivity index is 1.99. The molecule has 2 N–H and O–H groups in total. The molecule has 0 amide bonds. The van der Waals surface area contributed by atoms with E-state index in [1.54, 1.807) is 26.0 Å². The normalized spacial score (nSPS) is 11.6. The van der Waals surface area contributed by atoms with E-state index < -0.39 is 10.0 Å². The van der Waals surface area contributed by atoms with Crippen LogP contribution in [-0.4, -0.2) is 42.5 Å². The quantitative estimate of drug-likeness (QED) is 0.541. The van der Waals surface area contributed by atoms with Crippen molar-refractivity contribution >= 4 is 33.4 Å². The summed E-state index contributed by atoms with van der Waals surface area (Å²) in [5, 5.41) is 7.61. The number of hydrogen-bond acceptors (Lipinski definition) is 6. The highest BCUT2D eigenvalue weighted by molar-refractivity contribution is 7.99. The lowest BCUT2D eigenvalue weighted by atomic mass is 10.3. The molecular weight excluding hydrogens is 360 g/mol. The number of nitrogens with zero attached hydrogens (tertiary/aromatic N) is 2. The van der Waals surface area contributed by atoms with Crippen molar-refractivity contribution < 1.29 is 13.2 Å². The van der Waals surface area contributed by atoms with Crippen molar-refractivity contribution in [2.45, 2.75) is 23.9 Å². The maximum absolute atomic E-state index is 12.4. The van der Waals surface area contributed by atoms with Gasteiger partial charge in [-0.1, -0.05) is 23.4 Å². The highest BCUT2D eigenvalue weighted by atomic mass is 35.5. The van der Waals surface area contributed by atoms with Crippen LogP contribution in [0.1, 0.15) is 12.7 Å². The van der Waals surface area contributed by atoms with Gasteiger partial charge in [0.1, 0.15) is 16.5 Å². The lowest BCUT2D eigenvalue weighted by Gasteiger charge is -2.12. The molecule has 23 heavy (non-hydrogen) atoms. The molecule has 2 aromatic rings. The van der Waals surface area contributed by atoms with Gasteiger partial charge in [-0.05, 0) is 32.0 Å². The van der Waals surface area contributed by atoms with Gasteiger partial charge in [-0.3, -0.25) is 5.10 Å². The molecule has 0 atom stereocenters. The molecule has 0 aliphatic heterocycles. The number of ether oxygens (including phenoxy) is 1. The van der Waals surface area contributed by atoms with Crippen molar-refractivity contribution in [3.8, 4) is 5.75 Å². The molecule has 0 aliphatic carbocycles. The SMILES string of the molecule is CCOc1ccc(Cl)cc1S(=O)(=O)NCCSc1n[nH]c(C)n1. The number of benzene rings is 1. The lowest BCUT2D eigenvalue weighted by Crippen LogP contribution is -2.26. The van der Waals surface area contributed by atoms with Crippen molar-refractivity contribution in [2.75, 3.05) is 18.9 Å². The van der Waals surface area contributed by atoms with Gasteiger partial charge in [-0.25, -0.2) is 18.1 Å². The van der Waals surface area contributed by atoms with Crippen LogP contribution in [-0.2, 0) is 10.0 Å². The molecule has 10 heteroatoms. The van der Waals surface area contributed by atoms with Gasteiger partial charge in [0.05, 0.1) is 6.61 Å². The van der Waals surface area contributed by atoms with Crippen LogP contribution in [0.25, 0.3) is 0 Å². The van der Waals surface area contributed by atoms with Gasteiger partial charge in [0.25, 0.3) is 0 Å². The second kappa shape index (κ2) is 8.00. The van der Waals surface area contributed by atoms with Crippen molar-refractivity contribution in [3.63, 3.8) is 0 Å². The summed E-state index contributed by atoms with van der Waals surface area (Å²) in [6.45, 7) is 4.19. The third kappa shape index (κ3) is 5.10. The number of hydrogen-bond donors (Lipinski definition) is 2. The highest BCUT2D eigenvalue weighted by Gasteiger charge is 2.20. The van der Waals surface area contributed by atoms with Crippen LogP contribution in [0.15, 0.2) is 28.3 Å². The minimum Gasteiger partial charge on any atom is -0.492 e. The molecule has 0 unspecified atom stereocenters. The molecule has 7 nitrogen and oxygen atoms in total. The van der Waals surface area contributed by atoms with Crippen LogP contribution in [0.2, 0.25) is 5.02 Å². The Morgan fingerprint density at radius 2 is 2.22 bits per heavy atom. The number of aromatic nitrogens is 3. The second-order valence-electron chi connectivity index (χ2n) is 4.47. The molecule has 0 spiro atoms. The summed E-state index contributed by atoms with van der Waals surface area (Å²) in [7, 11) is -3.71. The van der Waals surface area contributed by atoms with Gasteiger partial charge in [-0.2, -0.15) is 0 Å². The third-order valence-corrected chi connectivity index (χ3v) is 5.26. The molecule has 1 aromatic carbocycles. The minimum absolute atomic E-state index is 0.0330. The Bertz CT molecular complexity index is 764. The summed E-state index contributed by atoms with van der Waals surface area (Å²) in [4.78, 5) is 4.17. The predicted molar refractivity (Wildman–Crippen MR) is 89.7 cm³/mol. The Labute approximate surface area is 144 Å². The first-order valence-electron chi connectivity index (χ1n) is 6.86. The summed E-state index contributed by atoms with van der Waals surface area (Å²) in [5.74, 6) is 1.50. The van der Waals surface area contributed by atoms with E-state index in [2.05, 4.69) is 19.9 Å². The van der Waals surface area contributed by atoms with Crippen molar-refractivity contribution in [2.24, 2.45) is 0 Å². The Kier molecular flexibility index (Phi) is 6.28. The van der Waals surface area contributed by atoms with Crippen LogP contribution in [0.4, 0.5) is 0 Å². The summed E-state index contributed by atoms with van der Waals surface area (Å²) >= 11 is 7.25. The highest BCUT2D eigenvalue weighted by Crippen LogP contribution is 2.27. The average Bonchev–Trinajstić information content (AvgIpc) is 2.91. The number of H-pyrrole nitrogens is 1. The molecule has 0 saturated carbocycles. The summed E-state index contributed by atoms with van der Waals surface area (Å²) < 4.78 is 32.7. The maximum atomic E-state index is 12.4. The van der Waals surface area contributed by atoms with E-state index in [4.69, 9.17) is 16.3 Å². The standard InChI is InChI=1S/C13H17ClN4O3S2/c1-3-21-11-5-4-10(14)8-12(11)23(19,20)15-6-7-22-13-16-9(2)17-18-13/h4-5,8,15H,3,6-7H2,1-2H3,(H,16,17,18). The third-order valence-electron chi connectivity index (χ3n) is 2.70. The van der Waals surface area contributed by atoms with E-state index in [1.165, 1.54) is 17.8 Å². The molecule has 126 valence electrons. The van der Waals surface area contributed by atoms with E-state index in [1.807, 2.05) is 0 Å². The minimum atomic E-state index is -3.71. The number of aryl methyl sites for hydroxylation is 1. The molecule has 0 aliphatic rings. The van der Waals surface area contributed by atoms with Gasteiger partial charge in [0.2, 0.25) is 15.2 Å². The van der Waals surface area contributed by atoms with Crippen LogP contribution in [0, 0.1) is 6.92 Å². The smallest absolute Gasteiger partial charge is 0.244 e. The molecule has 2 rings (SSSR count). The molecule has 1 heterocycles. The lowest BCUT2D eigenvalue weighted by molar-refractivity contribution is 0.331.